The summed E-state index contributed by atoms with van der Waals surface area (Å²) in [5.41, 5.74) is 6.70. The predicted molar refractivity (Wildman–Crippen MR) is 61.4 cm³/mol. The largest absolute Gasteiger partial charge is 0.394 e. The monoisotopic (exact) mass is 251 g/mol. The van der Waals surface area contributed by atoms with Gasteiger partial charge in [0.1, 0.15) is 17.8 Å². The molecule has 4 N–H and O–H groups in total. The van der Waals surface area contributed by atoms with E-state index < -0.39 is 18.4 Å². The van der Waals surface area contributed by atoms with Crippen LogP contribution in [0, 0.1) is 0 Å². The van der Waals surface area contributed by atoms with Gasteiger partial charge in [-0.05, 0) is 0 Å². The summed E-state index contributed by atoms with van der Waals surface area (Å²) in [6.45, 7) is -0.221. The minimum atomic E-state index is -0.698. The molecule has 2 aromatic rings. The zero-order chi connectivity index (χ0) is 12.7. The smallest absolute Gasteiger partial charge is 0.222 e. The van der Waals surface area contributed by atoms with Crippen LogP contribution in [0.15, 0.2) is 12.5 Å². The number of imidazole rings is 1. The van der Waals surface area contributed by atoms with Crippen molar-refractivity contribution in [3.05, 3.63) is 12.5 Å². The van der Waals surface area contributed by atoms with Crippen LogP contribution in [0.4, 0.5) is 5.95 Å². The number of nitrogen functional groups attached to an aromatic ring is 1. The Morgan fingerprint density at radius 1 is 1.50 bits per heavy atom. The molecule has 0 bridgehead atoms. The van der Waals surface area contributed by atoms with Crippen LogP contribution >= 0.6 is 0 Å². The van der Waals surface area contributed by atoms with Gasteiger partial charge in [-0.25, -0.2) is 9.97 Å². The Balaban J connectivity index is 1.98. The van der Waals surface area contributed by atoms with Crippen LogP contribution < -0.4 is 5.73 Å². The van der Waals surface area contributed by atoms with Crippen molar-refractivity contribution < 1.29 is 14.9 Å². The number of nitrogens with zero attached hydrogens (tertiary/aromatic N) is 4. The number of ether oxygens (including phenoxy) is 1. The Hall–Kier alpha value is -1.77. The maximum atomic E-state index is 9.71. The summed E-state index contributed by atoms with van der Waals surface area (Å²) in [5.74, 6) is 0.154. The number of aliphatic hydroxyl groups excluding tert-OH is 2. The lowest BCUT2D eigenvalue weighted by Gasteiger charge is -2.13. The van der Waals surface area contributed by atoms with Crippen molar-refractivity contribution >= 4 is 17.1 Å². The third kappa shape index (κ3) is 1.70. The fourth-order valence-corrected chi connectivity index (χ4v) is 2.10. The van der Waals surface area contributed by atoms with E-state index in [-0.39, 0.29) is 12.6 Å². The maximum absolute atomic E-state index is 9.71. The van der Waals surface area contributed by atoms with Crippen LogP contribution in [0.2, 0.25) is 0 Å². The van der Waals surface area contributed by atoms with Gasteiger partial charge in [0.2, 0.25) is 5.95 Å². The average Bonchev–Trinajstić information content (AvgIpc) is 2.91. The van der Waals surface area contributed by atoms with Gasteiger partial charge in [-0.15, -0.1) is 0 Å². The highest BCUT2D eigenvalue weighted by Crippen LogP contribution is 2.30. The van der Waals surface area contributed by atoms with Crippen molar-refractivity contribution in [2.75, 3.05) is 12.3 Å². The lowest BCUT2D eigenvalue weighted by atomic mass is 10.2. The second-order valence-electron chi connectivity index (χ2n) is 4.20. The van der Waals surface area contributed by atoms with Crippen molar-refractivity contribution in [3.63, 3.8) is 0 Å². The van der Waals surface area contributed by atoms with E-state index in [1.54, 1.807) is 10.9 Å². The number of nitrogens with two attached hydrogens (primary N) is 1. The molecule has 1 saturated heterocycles. The first-order valence-electron chi connectivity index (χ1n) is 5.58. The van der Waals surface area contributed by atoms with Crippen LogP contribution in [-0.2, 0) is 4.74 Å². The van der Waals surface area contributed by atoms with Gasteiger partial charge in [0, 0.05) is 6.42 Å². The zero-order valence-electron chi connectivity index (χ0n) is 9.47. The van der Waals surface area contributed by atoms with Gasteiger partial charge in [-0.1, -0.05) is 0 Å². The number of rotatable bonds is 2. The molecule has 1 aliphatic rings. The molecule has 1 fully saturated rings. The Kier molecular flexibility index (Phi) is 2.62. The van der Waals surface area contributed by atoms with Crippen LogP contribution in [0.5, 0.6) is 0 Å². The minimum absolute atomic E-state index is 0.154. The molecule has 8 nitrogen and oxygen atoms in total. The second-order valence-corrected chi connectivity index (χ2v) is 4.20. The van der Waals surface area contributed by atoms with Crippen molar-refractivity contribution in [1.82, 2.24) is 19.5 Å². The number of hydrogen-bond donors (Lipinski definition) is 3. The van der Waals surface area contributed by atoms with Gasteiger partial charge < -0.3 is 20.7 Å². The van der Waals surface area contributed by atoms with Crippen LogP contribution in [-0.4, -0.2) is 48.5 Å². The summed E-state index contributed by atoms with van der Waals surface area (Å²) in [6, 6.07) is 0. The molecule has 0 saturated carbocycles. The summed E-state index contributed by atoms with van der Waals surface area (Å²) in [6.07, 6.45) is 1.79. The summed E-state index contributed by atoms with van der Waals surface area (Å²) in [7, 11) is 0. The molecule has 96 valence electrons. The SMILES string of the molecule is Nc1ncc2ncn([C@@H]3C[C@@H](O)[C@H](CO)O3)c2n1. The van der Waals surface area contributed by atoms with Crippen LogP contribution in [0.1, 0.15) is 12.6 Å². The van der Waals surface area contributed by atoms with E-state index in [1.165, 1.54) is 6.20 Å². The molecule has 2 aromatic heterocycles. The quantitative estimate of drug-likeness (QED) is 0.629. The lowest BCUT2D eigenvalue weighted by molar-refractivity contribution is -0.0432. The van der Waals surface area contributed by atoms with Crippen molar-refractivity contribution in [1.29, 1.82) is 0 Å². The molecule has 0 amide bonds. The number of fused-ring (bicyclic) bond motifs is 1. The van der Waals surface area contributed by atoms with Gasteiger partial charge >= 0.3 is 0 Å². The minimum Gasteiger partial charge on any atom is -0.394 e. The molecule has 3 rings (SSSR count). The lowest BCUT2D eigenvalue weighted by Crippen LogP contribution is -2.24. The molecule has 8 heteroatoms. The number of aliphatic hydroxyl groups is 2. The Labute approximate surface area is 102 Å². The Bertz CT molecular complexity index is 572. The van der Waals surface area contributed by atoms with Gasteiger partial charge in [-0.3, -0.25) is 4.57 Å². The molecule has 0 aromatic carbocycles. The van der Waals surface area contributed by atoms with E-state index in [1.807, 2.05) is 0 Å². The van der Waals surface area contributed by atoms with Gasteiger partial charge in [0.15, 0.2) is 5.65 Å². The zero-order valence-corrected chi connectivity index (χ0v) is 9.47. The summed E-state index contributed by atoms with van der Waals surface area (Å²) < 4.78 is 7.22. The number of hydrogen-bond acceptors (Lipinski definition) is 7. The number of anilines is 1. The van der Waals surface area contributed by atoms with Gasteiger partial charge in [0.25, 0.3) is 0 Å². The molecule has 0 aliphatic carbocycles. The van der Waals surface area contributed by atoms with Crippen molar-refractivity contribution in [2.24, 2.45) is 0 Å². The fraction of sp³-hybridized carbons (Fsp3) is 0.500. The molecule has 0 unspecified atom stereocenters. The second kappa shape index (κ2) is 4.16. The van der Waals surface area contributed by atoms with E-state index in [9.17, 15) is 5.11 Å². The van der Waals surface area contributed by atoms with Crippen molar-refractivity contribution in [3.8, 4) is 0 Å². The summed E-state index contributed by atoms with van der Waals surface area (Å²) in [5, 5.41) is 18.8. The summed E-state index contributed by atoms with van der Waals surface area (Å²) in [4.78, 5) is 12.1. The molecular formula is C10H13N5O3. The first-order chi connectivity index (χ1) is 8.69. The third-order valence-electron chi connectivity index (χ3n) is 3.03. The molecule has 3 atom stereocenters. The molecule has 0 radical (unpaired) electrons. The summed E-state index contributed by atoms with van der Waals surface area (Å²) >= 11 is 0. The Morgan fingerprint density at radius 2 is 2.33 bits per heavy atom. The number of aromatic nitrogens is 4. The topological polar surface area (TPSA) is 119 Å². The standard InChI is InChI=1S/C10H13N5O3/c11-10-12-2-5-9(14-10)15(4-13-5)8-1-6(17)7(3-16)18-8/h2,4,6-8,16-17H,1,3H2,(H2,11,12,14)/t6-,7+,8+/m1/s1. The van der Waals surface area contributed by atoms with E-state index in [2.05, 4.69) is 15.0 Å². The van der Waals surface area contributed by atoms with E-state index >= 15 is 0 Å². The molecule has 18 heavy (non-hydrogen) atoms. The molecule has 0 spiro atoms. The first kappa shape index (κ1) is 11.3. The highest BCUT2D eigenvalue weighted by atomic mass is 16.5. The highest BCUT2D eigenvalue weighted by Gasteiger charge is 2.35. The Morgan fingerprint density at radius 3 is 3.06 bits per heavy atom. The predicted octanol–water partition coefficient (Wildman–Crippen LogP) is -0.951. The first-order valence-corrected chi connectivity index (χ1v) is 5.58. The molecule has 1 aliphatic heterocycles. The van der Waals surface area contributed by atoms with Gasteiger partial charge in [-0.2, -0.15) is 4.98 Å². The van der Waals surface area contributed by atoms with Gasteiger partial charge in [0.05, 0.1) is 25.2 Å². The average molecular weight is 251 g/mol. The van der Waals surface area contributed by atoms with Crippen molar-refractivity contribution in [2.45, 2.75) is 24.9 Å². The third-order valence-corrected chi connectivity index (χ3v) is 3.03. The van der Waals surface area contributed by atoms with Crippen LogP contribution in [0.25, 0.3) is 11.2 Å². The van der Waals surface area contributed by atoms with E-state index in [0.717, 1.165) is 0 Å². The fourth-order valence-electron chi connectivity index (χ4n) is 2.10. The molecule has 3 heterocycles. The highest BCUT2D eigenvalue weighted by molar-refractivity contribution is 5.70. The maximum Gasteiger partial charge on any atom is 0.222 e. The molecular weight excluding hydrogens is 238 g/mol. The van der Waals surface area contributed by atoms with Crippen LogP contribution in [0.3, 0.4) is 0 Å². The van der Waals surface area contributed by atoms with E-state index in [0.29, 0.717) is 17.6 Å². The van der Waals surface area contributed by atoms with E-state index in [4.69, 9.17) is 15.6 Å². The normalized spacial score (nSPS) is 28.0.